The van der Waals surface area contributed by atoms with E-state index in [0.717, 1.165) is 0 Å². The molecule has 15 rings (SSSR count). The van der Waals surface area contributed by atoms with E-state index < -0.39 is 0 Å². The number of anilines is 6. The molecular formula is C74H81BN2. The maximum Gasteiger partial charge on any atom is 0.252 e. The van der Waals surface area contributed by atoms with E-state index in [1.165, 1.54) is 163 Å². The molecule has 5 aliphatic carbocycles. The summed E-state index contributed by atoms with van der Waals surface area (Å²) >= 11 is 0. The monoisotopic (exact) mass is 1010 g/mol. The normalized spacial score (nSPS) is 26.3. The van der Waals surface area contributed by atoms with Crippen LogP contribution < -0.4 is 26.2 Å². The molecule has 8 aliphatic rings. The maximum absolute atomic E-state index is 2.83. The molecule has 7 aromatic rings. The van der Waals surface area contributed by atoms with Crippen LogP contribution in [0.4, 0.5) is 34.1 Å². The van der Waals surface area contributed by atoms with Crippen molar-refractivity contribution >= 4 is 57.2 Å². The minimum Gasteiger partial charge on any atom is -0.311 e. The van der Waals surface area contributed by atoms with Crippen LogP contribution in [0.2, 0.25) is 0 Å². The third-order valence-electron chi connectivity index (χ3n) is 23.2. The summed E-state index contributed by atoms with van der Waals surface area (Å²) < 4.78 is 0. The van der Waals surface area contributed by atoms with Gasteiger partial charge in [0.05, 0.1) is 5.69 Å². The molecule has 3 heterocycles. The summed E-state index contributed by atoms with van der Waals surface area (Å²) in [5.74, 6) is 0.291. The van der Waals surface area contributed by atoms with E-state index in [2.05, 4.69) is 229 Å². The van der Waals surface area contributed by atoms with Gasteiger partial charge in [0.1, 0.15) is 0 Å². The van der Waals surface area contributed by atoms with E-state index >= 15 is 0 Å². The summed E-state index contributed by atoms with van der Waals surface area (Å²) in [5, 5.41) is 0. The first-order valence-corrected chi connectivity index (χ1v) is 30.0. The van der Waals surface area contributed by atoms with Crippen molar-refractivity contribution in [3.63, 3.8) is 0 Å². The highest BCUT2D eigenvalue weighted by atomic mass is 15.2. The number of hydrogen-bond acceptors (Lipinski definition) is 2. The summed E-state index contributed by atoms with van der Waals surface area (Å²) in [6, 6.07) is 48.2. The minimum absolute atomic E-state index is 0.0377. The number of hydrogen-bond donors (Lipinski definition) is 0. The van der Waals surface area contributed by atoms with E-state index in [1.54, 1.807) is 16.7 Å². The van der Waals surface area contributed by atoms with E-state index in [-0.39, 0.29) is 50.0 Å². The first-order chi connectivity index (χ1) is 36.3. The van der Waals surface area contributed by atoms with Crippen LogP contribution in [0, 0.1) is 12.3 Å². The average Bonchev–Trinajstić information content (AvgIpc) is 3.41. The molecule has 7 aromatic carbocycles. The second kappa shape index (κ2) is 14.9. The largest absolute Gasteiger partial charge is 0.311 e. The first kappa shape index (κ1) is 48.3. The molecule has 0 amide bonds. The zero-order valence-electron chi connectivity index (χ0n) is 49.2. The zero-order valence-corrected chi connectivity index (χ0v) is 49.2. The molecule has 0 bridgehead atoms. The molecule has 390 valence electrons. The second-order valence-electron chi connectivity index (χ2n) is 30.3. The molecule has 0 N–H and O–H groups in total. The highest BCUT2D eigenvalue weighted by molar-refractivity contribution is 7.00. The lowest BCUT2D eigenvalue weighted by molar-refractivity contribution is 0.0923. The lowest BCUT2D eigenvalue weighted by Gasteiger charge is -2.52. The van der Waals surface area contributed by atoms with Crippen LogP contribution in [0.5, 0.6) is 0 Å². The predicted octanol–water partition coefficient (Wildman–Crippen LogP) is 17.7. The molecule has 4 atom stereocenters. The van der Waals surface area contributed by atoms with Crippen LogP contribution in [-0.4, -0.2) is 6.71 Å². The van der Waals surface area contributed by atoms with E-state index in [9.17, 15) is 0 Å². The van der Waals surface area contributed by atoms with Crippen LogP contribution in [0.3, 0.4) is 0 Å². The molecule has 4 unspecified atom stereocenters. The first-order valence-electron chi connectivity index (χ1n) is 30.0. The Morgan fingerprint density at radius 1 is 0.481 bits per heavy atom. The van der Waals surface area contributed by atoms with E-state index in [1.807, 2.05) is 0 Å². The van der Waals surface area contributed by atoms with Crippen LogP contribution in [0.1, 0.15) is 221 Å². The smallest absolute Gasteiger partial charge is 0.252 e. The van der Waals surface area contributed by atoms with Crippen molar-refractivity contribution in [3.8, 4) is 11.1 Å². The Hall–Kier alpha value is -5.80. The molecule has 0 saturated heterocycles. The lowest BCUT2D eigenvalue weighted by Crippen LogP contribution is -2.63. The van der Waals surface area contributed by atoms with Gasteiger partial charge in [-0.2, -0.15) is 0 Å². The van der Waals surface area contributed by atoms with Gasteiger partial charge in [0.15, 0.2) is 0 Å². The van der Waals surface area contributed by atoms with Gasteiger partial charge in [0.2, 0.25) is 0 Å². The third kappa shape index (κ3) is 5.95. The second-order valence-corrected chi connectivity index (χ2v) is 30.3. The van der Waals surface area contributed by atoms with Crippen molar-refractivity contribution in [1.29, 1.82) is 0 Å². The topological polar surface area (TPSA) is 6.48 Å². The highest BCUT2D eigenvalue weighted by Gasteiger charge is 2.60. The fourth-order valence-corrected chi connectivity index (χ4v) is 18.4. The van der Waals surface area contributed by atoms with Gasteiger partial charge in [0, 0.05) is 39.8 Å². The van der Waals surface area contributed by atoms with Gasteiger partial charge in [-0.3, -0.25) is 0 Å². The van der Waals surface area contributed by atoms with Crippen molar-refractivity contribution < 1.29 is 0 Å². The molecule has 0 radical (unpaired) electrons. The number of nitrogens with zero attached hydrogens (tertiary/aromatic N) is 2. The Balaban J connectivity index is 1.06. The summed E-state index contributed by atoms with van der Waals surface area (Å²) in [4.78, 5) is 5.60. The number of fused-ring (bicyclic) bond motifs is 15. The number of rotatable bonds is 2. The summed E-state index contributed by atoms with van der Waals surface area (Å²) in [5.41, 5.74) is 33.5. The van der Waals surface area contributed by atoms with Crippen molar-refractivity contribution in [3.05, 3.63) is 182 Å². The molecule has 0 spiro atoms. The van der Waals surface area contributed by atoms with Crippen molar-refractivity contribution in [2.24, 2.45) is 5.41 Å². The number of benzene rings is 7. The van der Waals surface area contributed by atoms with Crippen molar-refractivity contribution in [2.45, 2.75) is 199 Å². The standard InChI is InChI=1S/C74H81BN2/c1-43-37-61-65-66-62(43)74(15)50-23-17-16-21-47(50)48-22-20-24-58(64(48)74)77(66)59-38-44(63-49-28-26-45(67(2,3)4)39-52(49)72(13)31-18-19-32-73(63,72)14)25-30-56(59)75(65)57-41-54-55(71(11,12)36-35-70(54,9)10)42-60(57)76(61)46-27-29-51-53(40-46)69(7,8)34-33-68(51,5)6/h16-17,20-30,37-42,63H,18-19,31-36H2,1-15H3. The Kier molecular flexibility index (Phi) is 9.36. The van der Waals surface area contributed by atoms with Gasteiger partial charge in [-0.25, -0.2) is 0 Å². The maximum atomic E-state index is 2.83. The SMILES string of the molecule is Cc1cc2c3c4c1C1(C)c5ccccc5-c5cccc(c51)N4c1cc(C4c5ccc(C(C)(C)C)cc5C5(C)CCCCC45C)ccc1B3c1cc3c(cc1N2c1ccc2c(c1)C(C)(C)CCC2(C)C)C(C)(C)CCC3(C)C. The molecule has 0 aromatic heterocycles. The molecule has 3 aliphatic heterocycles. The quantitative estimate of drug-likeness (QED) is 0.159. The summed E-state index contributed by atoms with van der Waals surface area (Å²) in [6.07, 6.45) is 9.84. The van der Waals surface area contributed by atoms with Crippen molar-refractivity contribution in [1.82, 2.24) is 0 Å². The van der Waals surface area contributed by atoms with Gasteiger partial charge in [-0.1, -0.05) is 182 Å². The molecule has 3 heteroatoms. The van der Waals surface area contributed by atoms with Gasteiger partial charge in [-0.05, 0) is 221 Å². The van der Waals surface area contributed by atoms with Gasteiger partial charge >= 0.3 is 0 Å². The van der Waals surface area contributed by atoms with E-state index in [0.29, 0.717) is 5.92 Å². The predicted molar refractivity (Wildman–Crippen MR) is 328 cm³/mol. The molecule has 1 fully saturated rings. The van der Waals surface area contributed by atoms with Crippen LogP contribution in [-0.2, 0) is 37.9 Å². The van der Waals surface area contributed by atoms with Crippen LogP contribution in [0.25, 0.3) is 11.1 Å². The third-order valence-corrected chi connectivity index (χ3v) is 23.2. The molecule has 2 nitrogen and oxygen atoms in total. The lowest BCUT2D eigenvalue weighted by atomic mass is 9.32. The molecule has 77 heavy (non-hydrogen) atoms. The highest BCUT2D eigenvalue weighted by Crippen LogP contribution is 2.69. The number of aryl methyl sites for hydroxylation is 1. The van der Waals surface area contributed by atoms with Gasteiger partial charge in [-0.15, -0.1) is 0 Å². The Morgan fingerprint density at radius 2 is 1.13 bits per heavy atom. The zero-order chi connectivity index (χ0) is 53.7. The van der Waals surface area contributed by atoms with E-state index in [4.69, 9.17) is 0 Å². The fraction of sp³-hybridized carbons (Fsp3) is 0.432. The van der Waals surface area contributed by atoms with Crippen molar-refractivity contribution in [2.75, 3.05) is 9.80 Å². The van der Waals surface area contributed by atoms with Crippen LogP contribution >= 0.6 is 0 Å². The minimum atomic E-state index is -0.339. The Labute approximate surface area is 462 Å². The fourth-order valence-electron chi connectivity index (χ4n) is 18.4. The average molecular weight is 1010 g/mol. The summed E-state index contributed by atoms with van der Waals surface area (Å²) in [7, 11) is 0. The Bertz CT molecular complexity index is 3800. The molecule has 1 saturated carbocycles. The van der Waals surface area contributed by atoms with Gasteiger partial charge in [0.25, 0.3) is 6.71 Å². The molecular weight excluding hydrogens is 928 g/mol. The summed E-state index contributed by atoms with van der Waals surface area (Å²) in [6.45, 7) is 37.6. The van der Waals surface area contributed by atoms with Crippen LogP contribution in [0.15, 0.2) is 115 Å². The van der Waals surface area contributed by atoms with Gasteiger partial charge < -0.3 is 9.80 Å². The Morgan fingerprint density at radius 3 is 1.86 bits per heavy atom.